The van der Waals surface area contributed by atoms with Crippen LogP contribution in [0.4, 0.5) is 11.4 Å². The van der Waals surface area contributed by atoms with Crippen molar-refractivity contribution in [1.82, 2.24) is 4.98 Å². The molecule has 0 amide bonds. The van der Waals surface area contributed by atoms with Gasteiger partial charge in [-0.3, -0.25) is 0 Å². The van der Waals surface area contributed by atoms with E-state index in [-0.39, 0.29) is 0 Å². The zero-order chi connectivity index (χ0) is 12.7. The van der Waals surface area contributed by atoms with Crippen molar-refractivity contribution in [2.24, 2.45) is 4.99 Å². The highest BCUT2D eigenvalue weighted by Gasteiger charge is 2.15. The van der Waals surface area contributed by atoms with E-state index < -0.39 is 0 Å². The summed E-state index contributed by atoms with van der Waals surface area (Å²) in [6.45, 7) is 0.763. The molecule has 2 heterocycles. The SMILES string of the molecule is c1ccc2c(c1)N=C(c1c[nH]c3ccccc13)CN2. The van der Waals surface area contributed by atoms with E-state index in [2.05, 4.69) is 34.6 Å². The van der Waals surface area contributed by atoms with Crippen LogP contribution >= 0.6 is 0 Å². The summed E-state index contributed by atoms with van der Waals surface area (Å²) in [5.74, 6) is 0. The molecule has 3 aromatic rings. The topological polar surface area (TPSA) is 40.2 Å². The Morgan fingerprint density at radius 1 is 0.947 bits per heavy atom. The van der Waals surface area contributed by atoms with Crippen LogP contribution in [-0.4, -0.2) is 17.2 Å². The van der Waals surface area contributed by atoms with Crippen molar-refractivity contribution in [3.63, 3.8) is 0 Å². The molecule has 19 heavy (non-hydrogen) atoms. The van der Waals surface area contributed by atoms with E-state index in [0.29, 0.717) is 0 Å². The van der Waals surface area contributed by atoms with Crippen molar-refractivity contribution >= 4 is 28.0 Å². The van der Waals surface area contributed by atoms with Gasteiger partial charge in [0.25, 0.3) is 0 Å². The van der Waals surface area contributed by atoms with E-state index in [0.717, 1.165) is 29.1 Å². The number of aliphatic imine (C=N–C) groups is 1. The zero-order valence-corrected chi connectivity index (χ0v) is 10.4. The molecule has 0 saturated heterocycles. The van der Waals surface area contributed by atoms with Gasteiger partial charge in [0.1, 0.15) is 0 Å². The van der Waals surface area contributed by atoms with E-state index in [1.807, 2.05) is 30.5 Å². The first kappa shape index (κ1) is 10.4. The summed E-state index contributed by atoms with van der Waals surface area (Å²) in [7, 11) is 0. The van der Waals surface area contributed by atoms with Gasteiger partial charge in [0.2, 0.25) is 0 Å². The fraction of sp³-hybridized carbons (Fsp3) is 0.0625. The van der Waals surface area contributed by atoms with Gasteiger partial charge in [0.05, 0.1) is 23.6 Å². The Morgan fingerprint density at radius 3 is 2.79 bits per heavy atom. The monoisotopic (exact) mass is 247 g/mol. The van der Waals surface area contributed by atoms with E-state index in [1.165, 1.54) is 10.9 Å². The number of benzene rings is 2. The van der Waals surface area contributed by atoms with Gasteiger partial charge in [-0.1, -0.05) is 30.3 Å². The highest BCUT2D eigenvalue weighted by Crippen LogP contribution is 2.29. The minimum Gasteiger partial charge on any atom is -0.378 e. The molecule has 0 spiro atoms. The summed E-state index contributed by atoms with van der Waals surface area (Å²) in [5, 5.41) is 4.65. The maximum atomic E-state index is 4.77. The average molecular weight is 247 g/mol. The van der Waals surface area contributed by atoms with Crippen molar-refractivity contribution in [3.8, 4) is 0 Å². The lowest BCUT2D eigenvalue weighted by molar-refractivity contribution is 1.29. The lowest BCUT2D eigenvalue weighted by Crippen LogP contribution is -2.18. The van der Waals surface area contributed by atoms with Crippen LogP contribution in [0, 0.1) is 0 Å². The molecule has 1 aliphatic heterocycles. The number of nitrogens with one attached hydrogen (secondary N) is 2. The van der Waals surface area contributed by atoms with E-state index in [1.54, 1.807) is 0 Å². The van der Waals surface area contributed by atoms with Crippen LogP contribution in [0.3, 0.4) is 0 Å². The Labute approximate surface area is 111 Å². The highest BCUT2D eigenvalue weighted by molar-refractivity contribution is 6.14. The maximum absolute atomic E-state index is 4.77. The molecule has 92 valence electrons. The van der Waals surface area contributed by atoms with Crippen LogP contribution in [-0.2, 0) is 0 Å². The molecule has 4 rings (SSSR count). The largest absolute Gasteiger partial charge is 0.378 e. The second-order valence-corrected chi connectivity index (χ2v) is 4.68. The van der Waals surface area contributed by atoms with Crippen LogP contribution in [0.15, 0.2) is 59.7 Å². The van der Waals surface area contributed by atoms with Gasteiger partial charge in [-0.2, -0.15) is 0 Å². The smallest absolute Gasteiger partial charge is 0.0865 e. The Balaban J connectivity index is 1.88. The van der Waals surface area contributed by atoms with Crippen LogP contribution in [0.2, 0.25) is 0 Å². The number of anilines is 1. The third kappa shape index (κ3) is 1.63. The summed E-state index contributed by atoms with van der Waals surface area (Å²) in [6, 6.07) is 16.5. The number of aromatic amines is 1. The number of hydrogen-bond acceptors (Lipinski definition) is 2. The number of hydrogen-bond donors (Lipinski definition) is 2. The van der Waals surface area contributed by atoms with Gasteiger partial charge in [0.15, 0.2) is 0 Å². The fourth-order valence-electron chi connectivity index (χ4n) is 2.55. The van der Waals surface area contributed by atoms with Crippen molar-refractivity contribution in [3.05, 3.63) is 60.3 Å². The molecule has 1 aliphatic rings. The maximum Gasteiger partial charge on any atom is 0.0865 e. The summed E-state index contributed by atoms with van der Waals surface area (Å²) < 4.78 is 0. The first-order valence-electron chi connectivity index (χ1n) is 6.39. The summed E-state index contributed by atoms with van der Waals surface area (Å²) in [4.78, 5) is 8.07. The van der Waals surface area contributed by atoms with Gasteiger partial charge in [0, 0.05) is 22.7 Å². The molecule has 0 radical (unpaired) electrons. The van der Waals surface area contributed by atoms with E-state index in [4.69, 9.17) is 4.99 Å². The molecule has 0 saturated carbocycles. The van der Waals surface area contributed by atoms with Crippen molar-refractivity contribution in [2.75, 3.05) is 11.9 Å². The first-order chi connectivity index (χ1) is 9.42. The quantitative estimate of drug-likeness (QED) is 0.676. The number of nitrogens with zero attached hydrogens (tertiary/aromatic N) is 1. The number of H-pyrrole nitrogens is 1. The van der Waals surface area contributed by atoms with Crippen LogP contribution in [0.5, 0.6) is 0 Å². The number of rotatable bonds is 1. The molecule has 3 nitrogen and oxygen atoms in total. The van der Waals surface area contributed by atoms with Crippen molar-refractivity contribution in [2.45, 2.75) is 0 Å². The van der Waals surface area contributed by atoms with Crippen molar-refractivity contribution < 1.29 is 0 Å². The predicted octanol–water partition coefficient (Wildman–Crippen LogP) is 3.71. The van der Waals surface area contributed by atoms with Gasteiger partial charge in [-0.05, 0) is 18.2 Å². The molecule has 2 aromatic carbocycles. The minimum atomic E-state index is 0.763. The molecule has 0 aliphatic carbocycles. The third-order valence-corrected chi connectivity index (χ3v) is 3.51. The lowest BCUT2D eigenvalue weighted by atomic mass is 10.1. The second-order valence-electron chi connectivity index (χ2n) is 4.68. The van der Waals surface area contributed by atoms with Crippen LogP contribution in [0.25, 0.3) is 10.9 Å². The molecule has 1 aromatic heterocycles. The van der Waals surface area contributed by atoms with E-state index in [9.17, 15) is 0 Å². The molecule has 3 heteroatoms. The Hall–Kier alpha value is -2.55. The summed E-state index contributed by atoms with van der Waals surface area (Å²) >= 11 is 0. The Bertz CT molecular complexity index is 783. The lowest BCUT2D eigenvalue weighted by Gasteiger charge is -2.17. The number of fused-ring (bicyclic) bond motifs is 2. The summed E-state index contributed by atoms with van der Waals surface area (Å²) in [6.07, 6.45) is 2.04. The molecule has 2 N–H and O–H groups in total. The average Bonchev–Trinajstić information content (AvgIpc) is 2.91. The normalized spacial score (nSPS) is 13.8. The highest BCUT2D eigenvalue weighted by atomic mass is 15.0. The first-order valence-corrected chi connectivity index (χ1v) is 6.39. The number of para-hydroxylation sites is 3. The van der Waals surface area contributed by atoms with Crippen LogP contribution < -0.4 is 5.32 Å². The fourth-order valence-corrected chi connectivity index (χ4v) is 2.55. The Morgan fingerprint density at radius 2 is 1.79 bits per heavy atom. The van der Waals surface area contributed by atoms with E-state index >= 15 is 0 Å². The van der Waals surface area contributed by atoms with Gasteiger partial charge >= 0.3 is 0 Å². The molecule has 0 unspecified atom stereocenters. The molecule has 0 atom stereocenters. The third-order valence-electron chi connectivity index (χ3n) is 3.51. The van der Waals surface area contributed by atoms with Crippen molar-refractivity contribution in [1.29, 1.82) is 0 Å². The predicted molar refractivity (Wildman–Crippen MR) is 79.4 cm³/mol. The molecule has 0 fully saturated rings. The number of aromatic nitrogens is 1. The minimum absolute atomic E-state index is 0.763. The second kappa shape index (κ2) is 3.99. The van der Waals surface area contributed by atoms with Gasteiger partial charge < -0.3 is 10.3 Å². The van der Waals surface area contributed by atoms with Gasteiger partial charge in [-0.25, -0.2) is 4.99 Å². The zero-order valence-electron chi connectivity index (χ0n) is 10.4. The molecular weight excluding hydrogens is 234 g/mol. The van der Waals surface area contributed by atoms with Gasteiger partial charge in [-0.15, -0.1) is 0 Å². The standard InChI is InChI=1S/C16H13N3/c1-2-6-13-11(5-1)12(9-17-13)16-10-18-14-7-3-4-8-15(14)19-16/h1-9,17-18H,10H2. The molecular formula is C16H13N3. The summed E-state index contributed by atoms with van der Waals surface area (Å²) in [5.41, 5.74) is 5.52. The van der Waals surface area contributed by atoms with Crippen LogP contribution in [0.1, 0.15) is 5.56 Å². The Kier molecular flexibility index (Phi) is 2.18. The molecule has 0 bridgehead atoms.